The molecule has 0 bridgehead atoms. The molecular weight excluding hydrogens is 253 g/mol. The van der Waals surface area contributed by atoms with Gasteiger partial charge < -0.3 is 0 Å². The van der Waals surface area contributed by atoms with E-state index < -0.39 is 0 Å². The zero-order valence-electron chi connectivity index (χ0n) is 11.4. The van der Waals surface area contributed by atoms with Gasteiger partial charge in [0.25, 0.3) is 0 Å². The Bertz CT molecular complexity index is 488. The van der Waals surface area contributed by atoms with Crippen molar-refractivity contribution in [3.63, 3.8) is 0 Å². The predicted molar refractivity (Wildman–Crippen MR) is 77.6 cm³/mol. The van der Waals surface area contributed by atoms with E-state index in [1.165, 1.54) is 12.1 Å². The molecule has 0 unspecified atom stereocenters. The quantitative estimate of drug-likeness (QED) is 0.766. The first-order valence-electron chi connectivity index (χ1n) is 6.49. The molecule has 3 nitrogen and oxygen atoms in total. The van der Waals surface area contributed by atoms with Crippen LogP contribution in [-0.2, 0) is 6.54 Å². The molecule has 0 N–H and O–H groups in total. The lowest BCUT2D eigenvalue weighted by Crippen LogP contribution is -2.54. The van der Waals surface area contributed by atoms with E-state index in [0.717, 1.165) is 32.1 Å². The Labute approximate surface area is 120 Å². The van der Waals surface area contributed by atoms with Crippen LogP contribution in [0, 0.1) is 30.5 Å². The highest BCUT2D eigenvalue weighted by molar-refractivity contribution is 5.16. The first-order valence-corrected chi connectivity index (χ1v) is 6.49. The van der Waals surface area contributed by atoms with Gasteiger partial charge in [-0.25, -0.2) is 4.39 Å². The molecule has 4 heteroatoms. The molecule has 1 fully saturated rings. The van der Waals surface area contributed by atoms with Crippen molar-refractivity contribution in [2.45, 2.75) is 6.54 Å². The summed E-state index contributed by atoms with van der Waals surface area (Å²) in [6.07, 6.45) is 10.8. The van der Waals surface area contributed by atoms with Gasteiger partial charge in [0.1, 0.15) is 5.82 Å². The second-order valence-electron chi connectivity index (χ2n) is 4.95. The molecule has 20 heavy (non-hydrogen) atoms. The van der Waals surface area contributed by atoms with Crippen molar-refractivity contribution in [1.82, 2.24) is 14.7 Å². The molecule has 0 aliphatic carbocycles. The number of hydrogen-bond acceptors (Lipinski definition) is 3. The Kier molecular flexibility index (Phi) is 5.15. The second-order valence-corrected chi connectivity index (χ2v) is 4.95. The van der Waals surface area contributed by atoms with Crippen molar-refractivity contribution in [3.05, 3.63) is 35.6 Å². The van der Waals surface area contributed by atoms with Crippen LogP contribution in [0.1, 0.15) is 5.56 Å². The fourth-order valence-corrected chi connectivity index (χ4v) is 2.39. The van der Waals surface area contributed by atoms with Crippen LogP contribution in [0.5, 0.6) is 0 Å². The molecule has 1 aliphatic rings. The molecule has 0 atom stereocenters. The lowest BCUT2D eigenvalue weighted by molar-refractivity contribution is -0.0200. The summed E-state index contributed by atoms with van der Waals surface area (Å²) in [5, 5.41) is 0. The molecule has 0 spiro atoms. The molecule has 1 aromatic rings. The summed E-state index contributed by atoms with van der Waals surface area (Å²) in [5.41, 5.74) is 1.08. The van der Waals surface area contributed by atoms with Crippen LogP contribution in [-0.4, -0.2) is 47.8 Å². The van der Waals surface area contributed by atoms with Crippen LogP contribution in [0.15, 0.2) is 24.3 Å². The van der Waals surface area contributed by atoms with Crippen molar-refractivity contribution in [2.75, 3.05) is 33.1 Å². The number of terminal acetylenes is 2. The molecule has 0 radical (unpaired) electrons. The number of nitrogens with zero attached hydrogens (tertiary/aromatic N) is 3. The molecule has 104 valence electrons. The Morgan fingerprint density at radius 1 is 0.900 bits per heavy atom. The number of benzene rings is 1. The minimum absolute atomic E-state index is 0.213. The zero-order chi connectivity index (χ0) is 14.4. The van der Waals surface area contributed by atoms with Crippen molar-refractivity contribution in [2.24, 2.45) is 0 Å². The van der Waals surface area contributed by atoms with Gasteiger partial charge in [-0.15, -0.1) is 12.8 Å². The largest absolute Gasteiger partial charge is 0.273 e. The molecule has 0 amide bonds. The van der Waals surface area contributed by atoms with Gasteiger partial charge in [-0.3, -0.25) is 14.7 Å². The van der Waals surface area contributed by atoms with Gasteiger partial charge in [0.05, 0.1) is 33.1 Å². The Morgan fingerprint density at radius 2 is 1.40 bits per heavy atom. The monoisotopic (exact) mass is 271 g/mol. The summed E-state index contributed by atoms with van der Waals surface area (Å²) >= 11 is 0. The number of halogens is 1. The highest BCUT2D eigenvalue weighted by Gasteiger charge is 2.22. The standard InChI is InChI=1S/C16H18FN3/c1-3-9-18-12-19(10-4-2)14-20(13-18)11-15-5-7-16(17)8-6-15/h1-2,5-8H,9-14H2. The van der Waals surface area contributed by atoms with E-state index in [0.29, 0.717) is 13.1 Å². The SMILES string of the molecule is C#CCN1CN(CC#C)CN(Cc2ccc(F)cc2)C1. The van der Waals surface area contributed by atoms with E-state index in [9.17, 15) is 4.39 Å². The van der Waals surface area contributed by atoms with Crippen LogP contribution in [0.3, 0.4) is 0 Å². The average Bonchev–Trinajstić information content (AvgIpc) is 2.42. The topological polar surface area (TPSA) is 9.72 Å². The Hall–Kier alpha value is -1.85. The smallest absolute Gasteiger partial charge is 0.123 e. The van der Waals surface area contributed by atoms with Crippen molar-refractivity contribution >= 4 is 0 Å². The third kappa shape index (κ3) is 4.08. The zero-order valence-corrected chi connectivity index (χ0v) is 11.4. The van der Waals surface area contributed by atoms with Gasteiger partial charge in [-0.2, -0.15) is 0 Å². The normalized spacial score (nSPS) is 17.6. The van der Waals surface area contributed by atoms with Crippen molar-refractivity contribution < 1.29 is 4.39 Å². The van der Waals surface area contributed by atoms with Crippen LogP contribution >= 0.6 is 0 Å². The van der Waals surface area contributed by atoms with Crippen LogP contribution in [0.25, 0.3) is 0 Å². The maximum absolute atomic E-state index is 12.9. The third-order valence-electron chi connectivity index (χ3n) is 3.15. The Balaban J connectivity index is 2.00. The van der Waals surface area contributed by atoms with Crippen LogP contribution in [0.4, 0.5) is 4.39 Å². The van der Waals surface area contributed by atoms with E-state index in [-0.39, 0.29) is 5.82 Å². The molecular formula is C16H18FN3. The van der Waals surface area contributed by atoms with E-state index in [2.05, 4.69) is 26.5 Å². The van der Waals surface area contributed by atoms with E-state index >= 15 is 0 Å². The molecule has 1 aliphatic heterocycles. The predicted octanol–water partition coefficient (Wildman–Crippen LogP) is 1.38. The summed E-state index contributed by atoms with van der Waals surface area (Å²) in [7, 11) is 0. The van der Waals surface area contributed by atoms with Gasteiger partial charge in [-0.1, -0.05) is 24.0 Å². The summed E-state index contributed by atoms with van der Waals surface area (Å²) in [6.45, 7) is 4.32. The highest BCUT2D eigenvalue weighted by Crippen LogP contribution is 2.12. The minimum atomic E-state index is -0.213. The van der Waals surface area contributed by atoms with Crippen molar-refractivity contribution in [3.8, 4) is 24.7 Å². The summed E-state index contributed by atoms with van der Waals surface area (Å²) in [4.78, 5) is 6.56. The van der Waals surface area contributed by atoms with E-state index in [4.69, 9.17) is 12.8 Å². The van der Waals surface area contributed by atoms with Gasteiger partial charge in [-0.05, 0) is 17.7 Å². The molecule has 2 rings (SSSR count). The van der Waals surface area contributed by atoms with Gasteiger partial charge >= 0.3 is 0 Å². The lowest BCUT2D eigenvalue weighted by atomic mass is 10.2. The first-order chi connectivity index (χ1) is 9.71. The molecule has 1 saturated heterocycles. The fraction of sp³-hybridized carbons (Fsp3) is 0.375. The number of rotatable bonds is 4. The maximum atomic E-state index is 12.9. The third-order valence-corrected chi connectivity index (χ3v) is 3.15. The van der Waals surface area contributed by atoms with E-state index in [1.54, 1.807) is 12.1 Å². The molecule has 0 aromatic heterocycles. The number of hydrogen-bond donors (Lipinski definition) is 0. The first kappa shape index (κ1) is 14.6. The van der Waals surface area contributed by atoms with Gasteiger partial charge in [0.2, 0.25) is 0 Å². The van der Waals surface area contributed by atoms with Crippen molar-refractivity contribution in [1.29, 1.82) is 0 Å². The molecule has 0 saturated carbocycles. The molecule has 1 aromatic carbocycles. The second kappa shape index (κ2) is 7.07. The van der Waals surface area contributed by atoms with Gasteiger partial charge in [0.15, 0.2) is 0 Å². The summed E-state index contributed by atoms with van der Waals surface area (Å²) < 4.78 is 12.9. The van der Waals surface area contributed by atoms with Crippen LogP contribution < -0.4 is 0 Å². The van der Waals surface area contributed by atoms with E-state index in [1.807, 2.05) is 0 Å². The fourth-order valence-electron chi connectivity index (χ4n) is 2.39. The maximum Gasteiger partial charge on any atom is 0.123 e. The van der Waals surface area contributed by atoms with Crippen LogP contribution in [0.2, 0.25) is 0 Å². The molecule has 1 heterocycles. The average molecular weight is 271 g/mol. The lowest BCUT2D eigenvalue weighted by Gasteiger charge is -2.41. The Morgan fingerprint density at radius 3 is 1.90 bits per heavy atom. The van der Waals surface area contributed by atoms with Gasteiger partial charge in [0, 0.05) is 6.54 Å². The highest BCUT2D eigenvalue weighted by atomic mass is 19.1. The minimum Gasteiger partial charge on any atom is -0.273 e. The summed E-state index contributed by atoms with van der Waals surface area (Å²) in [6, 6.07) is 6.58. The summed E-state index contributed by atoms with van der Waals surface area (Å²) in [5.74, 6) is 5.11.